The second kappa shape index (κ2) is 11.7. The number of carbonyl (C=O) groups excluding carboxylic acids is 1. The van der Waals surface area contributed by atoms with Crippen LogP contribution in [0.2, 0.25) is 0 Å². The SMILES string of the molecule is CCc1cc(-c2c(C(N)=O)noc2-c2cc(C(C)C)c(C)cc2OCc2ccccc2)ccc1CN(C)C. The summed E-state index contributed by atoms with van der Waals surface area (Å²) in [5.74, 6) is 0.805. The van der Waals surface area contributed by atoms with Crippen LogP contribution in [0.1, 0.15) is 65.0 Å². The zero-order chi connectivity index (χ0) is 27.4. The van der Waals surface area contributed by atoms with Gasteiger partial charge in [0.25, 0.3) is 5.91 Å². The molecule has 2 N–H and O–H groups in total. The van der Waals surface area contributed by atoms with E-state index in [9.17, 15) is 4.79 Å². The molecule has 0 aliphatic rings. The van der Waals surface area contributed by atoms with Crippen molar-refractivity contribution in [2.75, 3.05) is 14.1 Å². The van der Waals surface area contributed by atoms with Gasteiger partial charge in [0.05, 0.1) is 11.1 Å². The number of hydrogen-bond acceptors (Lipinski definition) is 5. The summed E-state index contributed by atoms with van der Waals surface area (Å²) in [6.45, 7) is 9.76. The fraction of sp³-hybridized carbons (Fsp3) is 0.312. The zero-order valence-electron chi connectivity index (χ0n) is 23.2. The number of nitrogens with two attached hydrogens (primary N) is 1. The Kier molecular flexibility index (Phi) is 8.32. The van der Waals surface area contributed by atoms with E-state index in [1.54, 1.807) is 0 Å². The van der Waals surface area contributed by atoms with Gasteiger partial charge in [-0.15, -0.1) is 0 Å². The van der Waals surface area contributed by atoms with Crippen molar-refractivity contribution in [3.05, 3.63) is 94.2 Å². The Morgan fingerprint density at radius 2 is 1.79 bits per heavy atom. The lowest BCUT2D eigenvalue weighted by Crippen LogP contribution is -2.13. The van der Waals surface area contributed by atoms with Gasteiger partial charge in [0.15, 0.2) is 11.5 Å². The normalized spacial score (nSPS) is 11.4. The first-order chi connectivity index (χ1) is 18.2. The number of aryl methyl sites for hydroxylation is 2. The van der Waals surface area contributed by atoms with Crippen molar-refractivity contribution in [3.63, 3.8) is 0 Å². The van der Waals surface area contributed by atoms with E-state index in [-0.39, 0.29) is 11.6 Å². The molecule has 0 atom stereocenters. The first-order valence-corrected chi connectivity index (χ1v) is 13.1. The number of benzene rings is 3. The smallest absolute Gasteiger partial charge is 0.271 e. The molecular formula is C32H37N3O3. The van der Waals surface area contributed by atoms with Crippen LogP contribution in [0.25, 0.3) is 22.5 Å². The van der Waals surface area contributed by atoms with E-state index in [2.05, 4.69) is 70.0 Å². The second-order valence-corrected chi connectivity index (χ2v) is 10.3. The number of primary amides is 1. The van der Waals surface area contributed by atoms with E-state index in [1.165, 1.54) is 16.7 Å². The minimum absolute atomic E-state index is 0.114. The maximum absolute atomic E-state index is 12.5. The monoisotopic (exact) mass is 511 g/mol. The summed E-state index contributed by atoms with van der Waals surface area (Å²) >= 11 is 0. The average molecular weight is 512 g/mol. The predicted octanol–water partition coefficient (Wildman–Crippen LogP) is 6.74. The quantitative estimate of drug-likeness (QED) is 0.255. The van der Waals surface area contributed by atoms with Crippen LogP contribution >= 0.6 is 0 Å². The number of nitrogens with zero attached hydrogens (tertiary/aromatic N) is 2. The molecule has 0 unspecified atom stereocenters. The van der Waals surface area contributed by atoms with Gasteiger partial charge >= 0.3 is 0 Å². The molecule has 1 aromatic heterocycles. The molecule has 4 rings (SSSR count). The van der Waals surface area contributed by atoms with Gasteiger partial charge in [-0.3, -0.25) is 4.79 Å². The average Bonchev–Trinajstić information content (AvgIpc) is 3.33. The summed E-state index contributed by atoms with van der Waals surface area (Å²) < 4.78 is 12.2. The van der Waals surface area contributed by atoms with Crippen LogP contribution in [0.15, 0.2) is 65.2 Å². The molecule has 0 saturated heterocycles. The Morgan fingerprint density at radius 3 is 2.42 bits per heavy atom. The van der Waals surface area contributed by atoms with Crippen molar-refractivity contribution in [2.45, 2.75) is 53.2 Å². The molecule has 198 valence electrons. The van der Waals surface area contributed by atoms with Gasteiger partial charge in [0.2, 0.25) is 0 Å². The van der Waals surface area contributed by atoms with Crippen LogP contribution in [0, 0.1) is 6.92 Å². The molecule has 1 heterocycles. The second-order valence-electron chi connectivity index (χ2n) is 10.3. The highest BCUT2D eigenvalue weighted by atomic mass is 16.5. The maximum Gasteiger partial charge on any atom is 0.271 e. The van der Waals surface area contributed by atoms with Gasteiger partial charge in [-0.1, -0.05) is 74.5 Å². The Bertz CT molecular complexity index is 1420. The van der Waals surface area contributed by atoms with E-state index in [0.29, 0.717) is 23.7 Å². The molecule has 1 amide bonds. The Hall–Kier alpha value is -3.90. The van der Waals surface area contributed by atoms with Crippen molar-refractivity contribution >= 4 is 5.91 Å². The van der Waals surface area contributed by atoms with Crippen LogP contribution in [-0.2, 0) is 19.6 Å². The van der Waals surface area contributed by atoms with Gasteiger partial charge in [-0.2, -0.15) is 0 Å². The molecule has 3 aromatic carbocycles. The maximum atomic E-state index is 12.5. The molecule has 0 fully saturated rings. The summed E-state index contributed by atoms with van der Waals surface area (Å²) in [5, 5.41) is 4.14. The molecule has 38 heavy (non-hydrogen) atoms. The summed E-state index contributed by atoms with van der Waals surface area (Å²) in [6, 6.07) is 20.4. The summed E-state index contributed by atoms with van der Waals surface area (Å²) in [4.78, 5) is 14.6. The number of amides is 1. The third-order valence-corrected chi connectivity index (χ3v) is 6.76. The van der Waals surface area contributed by atoms with Crippen LogP contribution in [0.3, 0.4) is 0 Å². The van der Waals surface area contributed by atoms with Gasteiger partial charge in [0, 0.05) is 6.54 Å². The van der Waals surface area contributed by atoms with E-state index >= 15 is 0 Å². The molecule has 0 saturated carbocycles. The summed E-state index contributed by atoms with van der Waals surface area (Å²) in [7, 11) is 4.11. The lowest BCUT2D eigenvalue weighted by Gasteiger charge is -2.18. The van der Waals surface area contributed by atoms with Crippen LogP contribution in [0.5, 0.6) is 5.75 Å². The zero-order valence-corrected chi connectivity index (χ0v) is 23.2. The number of aromatic nitrogens is 1. The molecule has 0 bridgehead atoms. The first-order valence-electron chi connectivity index (χ1n) is 13.1. The van der Waals surface area contributed by atoms with Gasteiger partial charge in [0.1, 0.15) is 12.4 Å². The number of rotatable bonds is 10. The third kappa shape index (κ3) is 5.81. The molecule has 0 aliphatic carbocycles. The van der Waals surface area contributed by atoms with E-state index in [1.807, 2.05) is 42.5 Å². The fourth-order valence-corrected chi connectivity index (χ4v) is 4.87. The molecule has 6 heteroatoms. The van der Waals surface area contributed by atoms with E-state index in [0.717, 1.165) is 35.2 Å². The minimum Gasteiger partial charge on any atom is -0.488 e. The number of hydrogen-bond donors (Lipinski definition) is 1. The van der Waals surface area contributed by atoms with Crippen molar-refractivity contribution in [1.29, 1.82) is 0 Å². The van der Waals surface area contributed by atoms with Crippen molar-refractivity contribution in [3.8, 4) is 28.2 Å². The summed E-state index contributed by atoms with van der Waals surface area (Å²) in [5.41, 5.74) is 13.9. The largest absolute Gasteiger partial charge is 0.488 e. The highest BCUT2D eigenvalue weighted by Crippen LogP contribution is 2.42. The Balaban J connectivity index is 1.89. The van der Waals surface area contributed by atoms with Crippen molar-refractivity contribution in [1.82, 2.24) is 10.1 Å². The highest BCUT2D eigenvalue weighted by Gasteiger charge is 2.27. The highest BCUT2D eigenvalue weighted by molar-refractivity contribution is 6.01. The van der Waals surface area contributed by atoms with Crippen molar-refractivity contribution < 1.29 is 14.1 Å². The minimum atomic E-state index is -0.631. The summed E-state index contributed by atoms with van der Waals surface area (Å²) in [6.07, 6.45) is 0.858. The molecule has 0 aliphatic heterocycles. The van der Waals surface area contributed by atoms with Crippen LogP contribution in [-0.4, -0.2) is 30.1 Å². The Morgan fingerprint density at radius 1 is 1.05 bits per heavy atom. The lowest BCUT2D eigenvalue weighted by atomic mass is 9.91. The van der Waals surface area contributed by atoms with Crippen LogP contribution < -0.4 is 10.5 Å². The standard InChI is InChI=1S/C32H37N3O3/c1-7-23-16-24(13-14-25(23)18-35(5)6)29-30(32(33)36)34-38-31(29)27-17-26(20(2)3)21(4)15-28(27)37-19-22-11-9-8-10-12-22/h8-17,20H,7,18-19H2,1-6H3,(H2,33,36). The molecular weight excluding hydrogens is 474 g/mol. The fourth-order valence-electron chi connectivity index (χ4n) is 4.87. The van der Waals surface area contributed by atoms with Gasteiger partial charge in [-0.05, 0) is 78.9 Å². The molecule has 4 aromatic rings. The topological polar surface area (TPSA) is 81.6 Å². The number of carbonyl (C=O) groups is 1. The predicted molar refractivity (Wildman–Crippen MR) is 152 cm³/mol. The molecule has 6 nitrogen and oxygen atoms in total. The lowest BCUT2D eigenvalue weighted by molar-refractivity contribution is 0.0992. The molecule has 0 radical (unpaired) electrons. The first kappa shape index (κ1) is 27.1. The van der Waals surface area contributed by atoms with E-state index in [4.69, 9.17) is 15.0 Å². The van der Waals surface area contributed by atoms with Gasteiger partial charge in [-0.25, -0.2) is 0 Å². The molecule has 0 spiro atoms. The Labute approximate surface area is 225 Å². The van der Waals surface area contributed by atoms with Crippen LogP contribution in [0.4, 0.5) is 0 Å². The third-order valence-electron chi connectivity index (χ3n) is 6.76. The number of ether oxygens (including phenoxy) is 1. The van der Waals surface area contributed by atoms with Gasteiger partial charge < -0.3 is 19.9 Å². The van der Waals surface area contributed by atoms with Crippen molar-refractivity contribution in [2.24, 2.45) is 5.73 Å². The van der Waals surface area contributed by atoms with E-state index < -0.39 is 5.91 Å².